The lowest BCUT2D eigenvalue weighted by atomic mass is 10.1. The monoisotopic (exact) mass is 303 g/mol. The number of rotatable bonds is 6. The van der Waals surface area contributed by atoms with Gasteiger partial charge in [-0.2, -0.15) is 0 Å². The van der Waals surface area contributed by atoms with E-state index < -0.39 is 0 Å². The molecule has 0 spiro atoms. The third kappa shape index (κ3) is 5.28. The van der Waals surface area contributed by atoms with Crippen LogP contribution in [0.5, 0.6) is 0 Å². The molecule has 0 atom stereocenters. The zero-order valence-electron chi connectivity index (χ0n) is 12.7. The lowest BCUT2D eigenvalue weighted by molar-refractivity contribution is -0.122. The molecule has 1 amide bonds. The van der Waals surface area contributed by atoms with Crippen molar-refractivity contribution >= 4 is 17.2 Å². The van der Waals surface area contributed by atoms with Gasteiger partial charge in [-0.05, 0) is 26.5 Å². The molecule has 4 nitrogen and oxygen atoms in total. The maximum absolute atomic E-state index is 11.9. The smallest absolute Gasteiger partial charge is 0.234 e. The minimum Gasteiger partial charge on any atom is -0.351 e. The van der Waals surface area contributed by atoms with Crippen LogP contribution in [0.2, 0.25) is 0 Å². The fraction of sp³-hybridized carbons (Fsp3) is 0.375. The maximum Gasteiger partial charge on any atom is 0.234 e. The molecular formula is C16H21N3OS. The Morgan fingerprint density at radius 1 is 1.29 bits per heavy atom. The molecule has 0 radical (unpaired) electrons. The molecule has 0 saturated heterocycles. The number of aryl methyl sites for hydroxylation is 2. The molecule has 0 unspecified atom stereocenters. The molecule has 5 heteroatoms. The maximum atomic E-state index is 11.9. The van der Waals surface area contributed by atoms with Gasteiger partial charge in [0.2, 0.25) is 5.91 Å². The summed E-state index contributed by atoms with van der Waals surface area (Å²) in [5.74, 6) is 0.0324. The van der Waals surface area contributed by atoms with Gasteiger partial charge in [0.15, 0.2) is 0 Å². The van der Waals surface area contributed by atoms with Gasteiger partial charge in [-0.1, -0.05) is 29.8 Å². The molecule has 0 saturated carbocycles. The molecule has 1 heterocycles. The molecule has 0 aliphatic carbocycles. The first-order valence-corrected chi connectivity index (χ1v) is 7.82. The topological polar surface area (TPSA) is 45.2 Å². The number of thiazole rings is 1. The van der Waals surface area contributed by atoms with E-state index in [-0.39, 0.29) is 5.91 Å². The van der Waals surface area contributed by atoms with Gasteiger partial charge in [0, 0.05) is 18.5 Å². The molecule has 1 N–H and O–H groups in total. The van der Waals surface area contributed by atoms with Gasteiger partial charge in [-0.15, -0.1) is 11.3 Å². The summed E-state index contributed by atoms with van der Waals surface area (Å²) in [5, 5.41) is 6.04. The van der Waals surface area contributed by atoms with Crippen molar-refractivity contribution < 1.29 is 4.79 Å². The molecule has 0 fully saturated rings. The Balaban J connectivity index is 1.74. The zero-order valence-corrected chi connectivity index (χ0v) is 13.5. The number of hydrogen-bond acceptors (Lipinski definition) is 4. The highest BCUT2D eigenvalue weighted by molar-refractivity contribution is 7.09. The van der Waals surface area contributed by atoms with Crippen LogP contribution in [0.25, 0.3) is 0 Å². The highest BCUT2D eigenvalue weighted by Gasteiger charge is 2.08. The second kappa shape index (κ2) is 7.33. The lowest BCUT2D eigenvalue weighted by Gasteiger charge is -2.15. The summed E-state index contributed by atoms with van der Waals surface area (Å²) in [4.78, 5) is 18.3. The van der Waals surface area contributed by atoms with Crippen LogP contribution < -0.4 is 5.32 Å². The molecule has 2 aromatic rings. The number of amides is 1. The summed E-state index contributed by atoms with van der Waals surface area (Å²) in [6.07, 6.45) is 0. The molecule has 2 rings (SSSR count). The molecule has 1 aromatic heterocycles. The van der Waals surface area contributed by atoms with Crippen LogP contribution in [0.3, 0.4) is 0 Å². The van der Waals surface area contributed by atoms with Gasteiger partial charge in [-0.3, -0.25) is 9.69 Å². The van der Waals surface area contributed by atoms with E-state index in [1.165, 1.54) is 5.56 Å². The average Bonchev–Trinajstić information content (AvgIpc) is 2.83. The third-order valence-electron chi connectivity index (χ3n) is 3.12. The Hall–Kier alpha value is -1.72. The second-order valence-corrected chi connectivity index (χ2v) is 6.35. The molecule has 0 bridgehead atoms. The summed E-state index contributed by atoms with van der Waals surface area (Å²) in [6, 6.07) is 8.19. The van der Waals surface area contributed by atoms with Crippen molar-refractivity contribution in [2.24, 2.45) is 0 Å². The SMILES string of the molecule is Cc1ccc(CNC(=O)CN(C)Cc2csc(C)n2)cc1. The second-order valence-electron chi connectivity index (χ2n) is 5.29. The quantitative estimate of drug-likeness (QED) is 0.892. The van der Waals surface area contributed by atoms with E-state index in [1.807, 2.05) is 36.4 Å². The highest BCUT2D eigenvalue weighted by atomic mass is 32.1. The first-order valence-electron chi connectivity index (χ1n) is 6.95. The predicted octanol–water partition coefficient (Wildman–Crippen LogP) is 2.51. The molecule has 1 aromatic carbocycles. The molecule has 0 aliphatic rings. The van der Waals surface area contributed by atoms with Crippen LogP contribution in [-0.4, -0.2) is 29.4 Å². The van der Waals surface area contributed by atoms with E-state index in [4.69, 9.17) is 0 Å². The van der Waals surface area contributed by atoms with E-state index in [9.17, 15) is 4.79 Å². The summed E-state index contributed by atoms with van der Waals surface area (Å²) in [5.41, 5.74) is 3.36. The molecule has 112 valence electrons. The van der Waals surface area contributed by atoms with Gasteiger partial charge in [0.1, 0.15) is 0 Å². The van der Waals surface area contributed by atoms with E-state index in [0.29, 0.717) is 19.6 Å². The highest BCUT2D eigenvalue weighted by Crippen LogP contribution is 2.09. The number of nitrogens with zero attached hydrogens (tertiary/aromatic N) is 2. The Morgan fingerprint density at radius 2 is 2.00 bits per heavy atom. The number of carbonyl (C=O) groups excluding carboxylic acids is 1. The largest absolute Gasteiger partial charge is 0.351 e. The Labute approximate surface area is 129 Å². The van der Waals surface area contributed by atoms with Crippen LogP contribution >= 0.6 is 11.3 Å². The van der Waals surface area contributed by atoms with Crippen LogP contribution in [0.4, 0.5) is 0 Å². The van der Waals surface area contributed by atoms with Crippen molar-refractivity contribution in [3.05, 3.63) is 51.5 Å². The molecule has 21 heavy (non-hydrogen) atoms. The van der Waals surface area contributed by atoms with E-state index in [0.717, 1.165) is 16.3 Å². The fourth-order valence-electron chi connectivity index (χ4n) is 2.02. The fourth-order valence-corrected chi connectivity index (χ4v) is 2.62. The van der Waals surface area contributed by atoms with Crippen LogP contribution in [-0.2, 0) is 17.9 Å². The van der Waals surface area contributed by atoms with Gasteiger partial charge >= 0.3 is 0 Å². The van der Waals surface area contributed by atoms with E-state index >= 15 is 0 Å². The number of likely N-dealkylation sites (N-methyl/N-ethyl adjacent to an activating group) is 1. The Bertz CT molecular complexity index is 592. The van der Waals surface area contributed by atoms with Crippen molar-refractivity contribution in [3.8, 4) is 0 Å². The van der Waals surface area contributed by atoms with Gasteiger partial charge in [0.05, 0.1) is 17.2 Å². The summed E-state index contributed by atoms with van der Waals surface area (Å²) >= 11 is 1.64. The van der Waals surface area contributed by atoms with Crippen molar-refractivity contribution in [1.29, 1.82) is 0 Å². The number of benzene rings is 1. The van der Waals surface area contributed by atoms with Crippen molar-refractivity contribution in [3.63, 3.8) is 0 Å². The van der Waals surface area contributed by atoms with Gasteiger partial charge in [0.25, 0.3) is 0 Å². The van der Waals surface area contributed by atoms with Gasteiger partial charge < -0.3 is 5.32 Å². The minimum atomic E-state index is 0.0324. The summed E-state index contributed by atoms with van der Waals surface area (Å²) in [6.45, 7) is 5.69. The van der Waals surface area contributed by atoms with E-state index in [1.54, 1.807) is 11.3 Å². The van der Waals surface area contributed by atoms with Crippen LogP contribution in [0.15, 0.2) is 29.6 Å². The predicted molar refractivity (Wildman–Crippen MR) is 86.2 cm³/mol. The zero-order chi connectivity index (χ0) is 15.2. The number of hydrogen-bond donors (Lipinski definition) is 1. The lowest BCUT2D eigenvalue weighted by Crippen LogP contribution is -2.34. The number of nitrogens with one attached hydrogen (secondary N) is 1. The number of carbonyl (C=O) groups is 1. The van der Waals surface area contributed by atoms with Crippen LogP contribution in [0, 0.1) is 13.8 Å². The normalized spacial score (nSPS) is 10.9. The summed E-state index contributed by atoms with van der Waals surface area (Å²) < 4.78 is 0. The molecule has 0 aliphatic heterocycles. The average molecular weight is 303 g/mol. The minimum absolute atomic E-state index is 0.0324. The van der Waals surface area contributed by atoms with Gasteiger partial charge in [-0.25, -0.2) is 4.98 Å². The van der Waals surface area contributed by atoms with Crippen molar-refractivity contribution in [1.82, 2.24) is 15.2 Å². The Kier molecular flexibility index (Phi) is 5.47. The first kappa shape index (κ1) is 15.7. The molecular weight excluding hydrogens is 282 g/mol. The van der Waals surface area contributed by atoms with Crippen molar-refractivity contribution in [2.45, 2.75) is 26.9 Å². The standard InChI is InChI=1S/C16H21N3OS/c1-12-4-6-14(7-5-12)8-17-16(20)10-19(3)9-15-11-21-13(2)18-15/h4-7,11H,8-10H2,1-3H3,(H,17,20). The van der Waals surface area contributed by atoms with Crippen molar-refractivity contribution in [2.75, 3.05) is 13.6 Å². The first-order chi connectivity index (χ1) is 10.0. The third-order valence-corrected chi connectivity index (χ3v) is 3.94. The number of aromatic nitrogens is 1. The Morgan fingerprint density at radius 3 is 2.62 bits per heavy atom. The van der Waals surface area contributed by atoms with Crippen LogP contribution in [0.1, 0.15) is 21.8 Å². The summed E-state index contributed by atoms with van der Waals surface area (Å²) in [7, 11) is 1.93. The van der Waals surface area contributed by atoms with E-state index in [2.05, 4.69) is 29.4 Å².